The summed E-state index contributed by atoms with van der Waals surface area (Å²) < 4.78 is 10.2. The van der Waals surface area contributed by atoms with E-state index in [-0.39, 0.29) is 12.6 Å². The molecular formula is C13H22O3. The van der Waals surface area contributed by atoms with Crippen LogP contribution in [0.5, 0.6) is 0 Å². The Morgan fingerprint density at radius 3 is 2.44 bits per heavy atom. The molecule has 0 aliphatic rings. The molecule has 3 nitrogen and oxygen atoms in total. The number of rotatable bonds is 9. The van der Waals surface area contributed by atoms with Crippen molar-refractivity contribution in [2.24, 2.45) is 0 Å². The minimum Gasteiger partial charge on any atom is -0.462 e. The van der Waals surface area contributed by atoms with Crippen LogP contribution in [0.25, 0.3) is 0 Å². The monoisotopic (exact) mass is 226 g/mol. The molecule has 0 aromatic carbocycles. The SMILES string of the molecule is C=C(C)COCC(=C)C(=O)OCCCCC. The van der Waals surface area contributed by atoms with Crippen molar-refractivity contribution in [1.82, 2.24) is 0 Å². The van der Waals surface area contributed by atoms with Crippen molar-refractivity contribution in [3.05, 3.63) is 24.3 Å². The highest BCUT2D eigenvalue weighted by atomic mass is 16.5. The van der Waals surface area contributed by atoms with Crippen LogP contribution in [0.2, 0.25) is 0 Å². The van der Waals surface area contributed by atoms with Gasteiger partial charge in [0.05, 0.1) is 25.4 Å². The molecule has 3 heteroatoms. The highest BCUT2D eigenvalue weighted by Crippen LogP contribution is 2.00. The van der Waals surface area contributed by atoms with Crippen molar-refractivity contribution in [2.45, 2.75) is 33.1 Å². The zero-order valence-corrected chi connectivity index (χ0v) is 10.4. The number of ether oxygens (including phenoxy) is 2. The third-order valence-corrected chi connectivity index (χ3v) is 1.89. The van der Waals surface area contributed by atoms with Crippen LogP contribution >= 0.6 is 0 Å². The van der Waals surface area contributed by atoms with Gasteiger partial charge in [-0.2, -0.15) is 0 Å². The summed E-state index contributed by atoms with van der Waals surface area (Å²) in [6, 6.07) is 0. The van der Waals surface area contributed by atoms with E-state index in [0.29, 0.717) is 18.8 Å². The molecule has 0 N–H and O–H groups in total. The summed E-state index contributed by atoms with van der Waals surface area (Å²) in [5.41, 5.74) is 1.28. The van der Waals surface area contributed by atoms with Crippen molar-refractivity contribution in [2.75, 3.05) is 19.8 Å². The van der Waals surface area contributed by atoms with Gasteiger partial charge < -0.3 is 9.47 Å². The summed E-state index contributed by atoms with van der Waals surface area (Å²) in [4.78, 5) is 11.4. The maximum absolute atomic E-state index is 11.4. The molecule has 0 heterocycles. The van der Waals surface area contributed by atoms with E-state index in [1.54, 1.807) is 0 Å². The Bertz CT molecular complexity index is 244. The van der Waals surface area contributed by atoms with Crippen LogP contribution in [0.4, 0.5) is 0 Å². The van der Waals surface area contributed by atoms with Crippen LogP contribution in [-0.4, -0.2) is 25.8 Å². The Balaban J connectivity index is 3.57. The van der Waals surface area contributed by atoms with E-state index in [1.165, 1.54) is 0 Å². The number of hydrogen-bond acceptors (Lipinski definition) is 3. The van der Waals surface area contributed by atoms with E-state index in [4.69, 9.17) is 9.47 Å². The molecule has 0 aromatic heterocycles. The van der Waals surface area contributed by atoms with E-state index in [2.05, 4.69) is 20.1 Å². The van der Waals surface area contributed by atoms with Crippen LogP contribution in [0.3, 0.4) is 0 Å². The fourth-order valence-corrected chi connectivity index (χ4v) is 1.03. The Morgan fingerprint density at radius 1 is 1.19 bits per heavy atom. The second-order valence-electron chi connectivity index (χ2n) is 3.90. The van der Waals surface area contributed by atoms with Crippen LogP contribution in [-0.2, 0) is 14.3 Å². The minimum absolute atomic E-state index is 0.208. The van der Waals surface area contributed by atoms with Gasteiger partial charge in [-0.1, -0.05) is 38.5 Å². The van der Waals surface area contributed by atoms with Crippen LogP contribution < -0.4 is 0 Å². The lowest BCUT2D eigenvalue weighted by Crippen LogP contribution is -2.13. The Morgan fingerprint density at radius 2 is 1.88 bits per heavy atom. The van der Waals surface area contributed by atoms with E-state index >= 15 is 0 Å². The molecule has 0 bridgehead atoms. The van der Waals surface area contributed by atoms with Gasteiger partial charge in [-0.15, -0.1) is 0 Å². The van der Waals surface area contributed by atoms with Gasteiger partial charge in [0.25, 0.3) is 0 Å². The van der Waals surface area contributed by atoms with E-state index < -0.39 is 0 Å². The van der Waals surface area contributed by atoms with E-state index in [1.807, 2.05) is 6.92 Å². The van der Waals surface area contributed by atoms with Gasteiger partial charge >= 0.3 is 5.97 Å². The molecule has 0 rings (SSSR count). The predicted molar refractivity (Wildman–Crippen MR) is 65.3 cm³/mol. The Kier molecular flexibility index (Phi) is 8.53. The van der Waals surface area contributed by atoms with Crippen LogP contribution in [0.1, 0.15) is 33.1 Å². The van der Waals surface area contributed by atoms with Gasteiger partial charge in [0.15, 0.2) is 0 Å². The van der Waals surface area contributed by atoms with Crippen LogP contribution in [0, 0.1) is 0 Å². The highest BCUT2D eigenvalue weighted by Gasteiger charge is 2.08. The lowest BCUT2D eigenvalue weighted by molar-refractivity contribution is -0.139. The largest absolute Gasteiger partial charge is 0.462 e. The summed E-state index contributed by atoms with van der Waals surface area (Å²) >= 11 is 0. The molecule has 0 fully saturated rings. The average Bonchev–Trinajstić information content (AvgIpc) is 2.23. The molecule has 0 saturated carbocycles. The Labute approximate surface area is 98.1 Å². The molecule has 0 aliphatic heterocycles. The molecule has 0 spiro atoms. The highest BCUT2D eigenvalue weighted by molar-refractivity contribution is 5.87. The minimum atomic E-state index is -0.363. The average molecular weight is 226 g/mol. The molecule has 0 radical (unpaired) electrons. The standard InChI is InChI=1S/C13H22O3/c1-5-6-7-8-16-13(14)12(4)10-15-9-11(2)3/h2,4-10H2,1,3H3. The fraction of sp³-hybridized carbons (Fsp3) is 0.615. The quantitative estimate of drug-likeness (QED) is 0.262. The normalized spacial score (nSPS) is 9.88. The number of esters is 1. The second-order valence-corrected chi connectivity index (χ2v) is 3.90. The van der Waals surface area contributed by atoms with Gasteiger partial charge in [-0.3, -0.25) is 0 Å². The van der Waals surface area contributed by atoms with Gasteiger partial charge in [0.2, 0.25) is 0 Å². The van der Waals surface area contributed by atoms with Crippen molar-refractivity contribution in [3.63, 3.8) is 0 Å². The van der Waals surface area contributed by atoms with Crippen molar-refractivity contribution in [3.8, 4) is 0 Å². The lowest BCUT2D eigenvalue weighted by Gasteiger charge is -2.07. The zero-order valence-electron chi connectivity index (χ0n) is 10.4. The molecule has 0 saturated heterocycles. The predicted octanol–water partition coefficient (Wildman–Crippen LogP) is 2.87. The summed E-state index contributed by atoms with van der Waals surface area (Å²) in [5, 5.41) is 0. The molecule has 16 heavy (non-hydrogen) atoms. The van der Waals surface area contributed by atoms with E-state index in [0.717, 1.165) is 24.8 Å². The van der Waals surface area contributed by atoms with Gasteiger partial charge in [-0.05, 0) is 13.3 Å². The van der Waals surface area contributed by atoms with Gasteiger partial charge in [-0.25, -0.2) is 4.79 Å². The zero-order chi connectivity index (χ0) is 12.4. The maximum Gasteiger partial charge on any atom is 0.335 e. The molecule has 0 atom stereocenters. The summed E-state index contributed by atoms with van der Waals surface area (Å²) in [6.45, 7) is 12.4. The molecular weight excluding hydrogens is 204 g/mol. The number of unbranched alkanes of at least 4 members (excludes halogenated alkanes) is 2. The third kappa shape index (κ3) is 8.24. The maximum atomic E-state index is 11.4. The van der Waals surface area contributed by atoms with Gasteiger partial charge in [0, 0.05) is 0 Å². The van der Waals surface area contributed by atoms with Crippen molar-refractivity contribution < 1.29 is 14.3 Å². The number of carbonyl (C=O) groups excluding carboxylic acids is 1. The first-order valence-electron chi connectivity index (χ1n) is 5.65. The van der Waals surface area contributed by atoms with Crippen LogP contribution in [0.15, 0.2) is 24.3 Å². The van der Waals surface area contributed by atoms with E-state index in [9.17, 15) is 4.79 Å². The lowest BCUT2D eigenvalue weighted by atomic mass is 10.3. The topological polar surface area (TPSA) is 35.5 Å². The summed E-state index contributed by atoms with van der Waals surface area (Å²) in [7, 11) is 0. The number of carbonyl (C=O) groups is 1. The summed E-state index contributed by atoms with van der Waals surface area (Å²) in [6.07, 6.45) is 3.09. The Hall–Kier alpha value is -1.09. The first kappa shape index (κ1) is 14.9. The molecule has 0 aliphatic carbocycles. The fourth-order valence-electron chi connectivity index (χ4n) is 1.03. The second kappa shape index (κ2) is 9.16. The molecule has 0 unspecified atom stereocenters. The first-order valence-corrected chi connectivity index (χ1v) is 5.65. The van der Waals surface area contributed by atoms with Crippen molar-refractivity contribution in [1.29, 1.82) is 0 Å². The molecule has 0 amide bonds. The smallest absolute Gasteiger partial charge is 0.335 e. The first-order chi connectivity index (χ1) is 7.57. The third-order valence-electron chi connectivity index (χ3n) is 1.89. The molecule has 92 valence electrons. The summed E-state index contributed by atoms with van der Waals surface area (Å²) in [5.74, 6) is -0.363. The molecule has 0 aromatic rings. The van der Waals surface area contributed by atoms with Gasteiger partial charge in [0.1, 0.15) is 0 Å². The number of hydrogen-bond donors (Lipinski definition) is 0. The van der Waals surface area contributed by atoms with Crippen molar-refractivity contribution >= 4 is 5.97 Å².